The van der Waals surface area contributed by atoms with Gasteiger partial charge in [0.15, 0.2) is 17.5 Å². The Morgan fingerprint density at radius 3 is 1.71 bits per heavy atom. The molecule has 1 spiro atoms. The molecule has 7 aromatic carbocycles. The Labute approximate surface area is 305 Å². The van der Waals surface area contributed by atoms with Gasteiger partial charge in [-0.3, -0.25) is 0 Å². The monoisotopic (exact) mass is 679 g/mol. The molecule has 0 fully saturated rings. The number of benzene rings is 7. The van der Waals surface area contributed by atoms with Gasteiger partial charge in [0.1, 0.15) is 0 Å². The maximum absolute atomic E-state index is 5.15. The van der Waals surface area contributed by atoms with E-state index < -0.39 is 5.41 Å². The van der Waals surface area contributed by atoms with Gasteiger partial charge < -0.3 is 0 Å². The standard InChI is InChI=1S/C48H29N3S/c1-3-14-32(15-4-1)45-49-46(33-16-5-2-6-17-33)51-47(50-45)34-26-25-31-24-23-30-13-7-10-20-39(30)48(41(31)27-34)40-21-11-8-18-35(40)37-28-38-36-19-9-12-22-43(36)52-44(38)29-42(37)48/h1-29H. The maximum atomic E-state index is 5.15. The second-order valence-electron chi connectivity index (χ2n) is 13.5. The van der Waals surface area contributed by atoms with E-state index in [9.17, 15) is 0 Å². The molecule has 52 heavy (non-hydrogen) atoms. The van der Waals surface area contributed by atoms with Crippen LogP contribution in [-0.2, 0) is 5.41 Å². The number of aromatic nitrogens is 3. The fourth-order valence-electron chi connectivity index (χ4n) is 8.49. The highest BCUT2D eigenvalue weighted by Crippen LogP contribution is 2.60. The van der Waals surface area contributed by atoms with Gasteiger partial charge in [-0.05, 0) is 68.8 Å². The van der Waals surface area contributed by atoms with E-state index >= 15 is 0 Å². The van der Waals surface area contributed by atoms with Crippen molar-refractivity contribution in [2.75, 3.05) is 0 Å². The Morgan fingerprint density at radius 2 is 0.962 bits per heavy atom. The van der Waals surface area contributed by atoms with Crippen LogP contribution in [0.15, 0.2) is 164 Å². The SMILES string of the molecule is C1=Cc2ccc(-c3nc(-c4ccccc4)nc(-c4ccccc4)n3)cc2C2(c3ccccc31)c1ccccc1-c1cc3c(cc12)sc1ccccc13. The average Bonchev–Trinajstić information content (AvgIpc) is 3.67. The van der Waals surface area contributed by atoms with Crippen molar-refractivity contribution in [3.63, 3.8) is 0 Å². The fourth-order valence-corrected chi connectivity index (χ4v) is 9.61. The van der Waals surface area contributed by atoms with Crippen LogP contribution >= 0.6 is 11.3 Å². The molecule has 4 heteroatoms. The van der Waals surface area contributed by atoms with Gasteiger partial charge in [0.2, 0.25) is 0 Å². The van der Waals surface area contributed by atoms with E-state index in [0.29, 0.717) is 17.5 Å². The number of nitrogens with zero attached hydrogens (tertiary/aromatic N) is 3. The molecule has 0 saturated carbocycles. The lowest BCUT2D eigenvalue weighted by molar-refractivity contribution is 0.767. The first-order valence-electron chi connectivity index (χ1n) is 17.6. The van der Waals surface area contributed by atoms with Gasteiger partial charge in [-0.25, -0.2) is 15.0 Å². The normalized spacial score (nSPS) is 15.3. The van der Waals surface area contributed by atoms with Crippen molar-refractivity contribution in [3.05, 3.63) is 197 Å². The molecule has 0 amide bonds. The van der Waals surface area contributed by atoms with Crippen LogP contribution in [0.3, 0.4) is 0 Å². The van der Waals surface area contributed by atoms with Crippen molar-refractivity contribution >= 4 is 43.7 Å². The quantitative estimate of drug-likeness (QED) is 0.187. The van der Waals surface area contributed by atoms with Crippen LogP contribution in [-0.4, -0.2) is 15.0 Å². The summed E-state index contributed by atoms with van der Waals surface area (Å²) in [6.07, 6.45) is 4.56. The van der Waals surface area contributed by atoms with Crippen molar-refractivity contribution in [2.45, 2.75) is 5.41 Å². The van der Waals surface area contributed by atoms with Gasteiger partial charge in [-0.2, -0.15) is 0 Å². The summed E-state index contributed by atoms with van der Waals surface area (Å²) in [5.41, 5.74) is 12.4. The molecule has 0 N–H and O–H groups in total. The maximum Gasteiger partial charge on any atom is 0.164 e. The molecule has 2 aliphatic carbocycles. The summed E-state index contributed by atoms with van der Waals surface area (Å²) in [7, 11) is 0. The minimum absolute atomic E-state index is 0.570. The predicted octanol–water partition coefficient (Wildman–Crippen LogP) is 12.1. The van der Waals surface area contributed by atoms with Gasteiger partial charge in [0, 0.05) is 36.9 Å². The van der Waals surface area contributed by atoms with Crippen molar-refractivity contribution in [2.24, 2.45) is 0 Å². The smallest absolute Gasteiger partial charge is 0.164 e. The molecule has 2 heterocycles. The molecule has 0 radical (unpaired) electrons. The number of rotatable bonds is 3. The summed E-state index contributed by atoms with van der Waals surface area (Å²) < 4.78 is 2.62. The summed E-state index contributed by atoms with van der Waals surface area (Å²) in [5.74, 6) is 1.96. The highest BCUT2D eigenvalue weighted by molar-refractivity contribution is 7.25. The van der Waals surface area contributed by atoms with E-state index in [1.54, 1.807) is 0 Å². The molecule has 0 bridgehead atoms. The second-order valence-corrected chi connectivity index (χ2v) is 14.6. The van der Waals surface area contributed by atoms with Crippen molar-refractivity contribution in [1.29, 1.82) is 0 Å². The molecule has 2 aromatic heterocycles. The van der Waals surface area contributed by atoms with Crippen molar-refractivity contribution in [1.82, 2.24) is 15.0 Å². The molecule has 9 aromatic rings. The lowest BCUT2D eigenvalue weighted by Crippen LogP contribution is -2.30. The van der Waals surface area contributed by atoms with E-state index in [2.05, 4.69) is 140 Å². The highest BCUT2D eigenvalue weighted by atomic mass is 32.1. The molecule has 1 unspecified atom stereocenters. The molecule has 0 saturated heterocycles. The van der Waals surface area contributed by atoms with Crippen molar-refractivity contribution in [3.8, 4) is 45.3 Å². The van der Waals surface area contributed by atoms with Gasteiger partial charge in [-0.1, -0.05) is 152 Å². The Bertz CT molecular complexity index is 2850. The number of fused-ring (bicyclic) bond motifs is 12. The molecule has 3 nitrogen and oxygen atoms in total. The average molecular weight is 680 g/mol. The number of hydrogen-bond donors (Lipinski definition) is 0. The largest absolute Gasteiger partial charge is 0.208 e. The predicted molar refractivity (Wildman–Crippen MR) is 215 cm³/mol. The third-order valence-electron chi connectivity index (χ3n) is 10.8. The summed E-state index contributed by atoms with van der Waals surface area (Å²) in [4.78, 5) is 15.3. The first kappa shape index (κ1) is 29.3. The highest BCUT2D eigenvalue weighted by Gasteiger charge is 2.49. The lowest BCUT2D eigenvalue weighted by atomic mass is 9.65. The Morgan fingerprint density at radius 1 is 0.365 bits per heavy atom. The minimum atomic E-state index is -0.570. The minimum Gasteiger partial charge on any atom is -0.208 e. The molecule has 242 valence electrons. The van der Waals surface area contributed by atoms with Crippen LogP contribution in [0.2, 0.25) is 0 Å². The summed E-state index contributed by atoms with van der Waals surface area (Å²) >= 11 is 1.88. The van der Waals surface area contributed by atoms with Crippen LogP contribution in [0, 0.1) is 0 Å². The molecular weight excluding hydrogens is 651 g/mol. The van der Waals surface area contributed by atoms with Crippen LogP contribution in [0.4, 0.5) is 0 Å². The van der Waals surface area contributed by atoms with E-state index in [0.717, 1.165) is 16.7 Å². The first-order valence-corrected chi connectivity index (χ1v) is 18.4. The number of hydrogen-bond acceptors (Lipinski definition) is 4. The lowest BCUT2D eigenvalue weighted by Gasteiger charge is -2.35. The molecule has 0 aliphatic heterocycles. The first-order chi connectivity index (χ1) is 25.8. The van der Waals surface area contributed by atoms with Crippen LogP contribution in [0.25, 0.3) is 77.6 Å². The molecule has 2 aliphatic rings. The Balaban J connectivity index is 1.22. The number of thiophene rings is 1. The summed E-state index contributed by atoms with van der Waals surface area (Å²) in [6.45, 7) is 0. The van der Waals surface area contributed by atoms with Gasteiger partial charge in [-0.15, -0.1) is 11.3 Å². The molecule has 1 atom stereocenters. The van der Waals surface area contributed by atoms with Crippen LogP contribution < -0.4 is 0 Å². The van der Waals surface area contributed by atoms with E-state index in [-0.39, 0.29) is 0 Å². The van der Waals surface area contributed by atoms with Crippen LogP contribution in [0.5, 0.6) is 0 Å². The zero-order chi connectivity index (χ0) is 34.2. The van der Waals surface area contributed by atoms with Gasteiger partial charge in [0.05, 0.1) is 5.41 Å². The van der Waals surface area contributed by atoms with E-state index in [4.69, 9.17) is 15.0 Å². The van der Waals surface area contributed by atoms with E-state index in [1.807, 2.05) is 47.7 Å². The zero-order valence-electron chi connectivity index (χ0n) is 28.0. The van der Waals surface area contributed by atoms with Crippen LogP contribution in [0.1, 0.15) is 33.4 Å². The third kappa shape index (κ3) is 4.22. The van der Waals surface area contributed by atoms with Gasteiger partial charge in [0.25, 0.3) is 0 Å². The Hall–Kier alpha value is -6.49. The second kappa shape index (κ2) is 11.3. The molecular formula is C48H29N3S. The fraction of sp³-hybridized carbons (Fsp3) is 0.0208. The summed E-state index contributed by atoms with van der Waals surface area (Å²) in [5, 5.41) is 2.62. The topological polar surface area (TPSA) is 38.7 Å². The Kier molecular flexibility index (Phi) is 6.34. The summed E-state index contributed by atoms with van der Waals surface area (Å²) in [6, 6.07) is 58.8. The zero-order valence-corrected chi connectivity index (χ0v) is 28.8. The third-order valence-corrected chi connectivity index (χ3v) is 11.9. The molecule has 11 rings (SSSR count). The van der Waals surface area contributed by atoms with E-state index in [1.165, 1.54) is 64.7 Å². The van der Waals surface area contributed by atoms with Crippen molar-refractivity contribution < 1.29 is 0 Å². The van der Waals surface area contributed by atoms with Gasteiger partial charge >= 0.3 is 0 Å².